The van der Waals surface area contributed by atoms with Crippen LogP contribution >= 0.6 is 12.4 Å². The van der Waals surface area contributed by atoms with Gasteiger partial charge in [0.25, 0.3) is 0 Å². The first-order valence-electron chi connectivity index (χ1n) is 4.42. The van der Waals surface area contributed by atoms with Gasteiger partial charge in [-0.05, 0) is 6.07 Å². The molecule has 0 bridgehead atoms. The zero-order chi connectivity index (χ0) is 12.3. The minimum Gasteiger partial charge on any atom is -0.469 e. The summed E-state index contributed by atoms with van der Waals surface area (Å²) in [6.45, 7) is 0. The molecule has 0 heterocycles. The number of benzene rings is 1. The van der Waals surface area contributed by atoms with E-state index < -0.39 is 29.5 Å². The predicted octanol–water partition coefficient (Wildman–Crippen LogP) is 2.09. The first-order valence-corrected chi connectivity index (χ1v) is 4.42. The van der Waals surface area contributed by atoms with Gasteiger partial charge in [0.2, 0.25) is 0 Å². The number of rotatable bonds is 3. The molecule has 0 unspecified atom stereocenters. The molecular formula is C10H11ClF3NO2. The van der Waals surface area contributed by atoms with Crippen molar-refractivity contribution in [3.63, 3.8) is 0 Å². The Morgan fingerprint density at radius 1 is 1.29 bits per heavy atom. The van der Waals surface area contributed by atoms with Crippen LogP contribution in [0.2, 0.25) is 0 Å². The Morgan fingerprint density at radius 3 is 2.35 bits per heavy atom. The summed E-state index contributed by atoms with van der Waals surface area (Å²) in [6.07, 6.45) is -0.307. The van der Waals surface area contributed by atoms with Crippen molar-refractivity contribution in [2.45, 2.75) is 12.5 Å². The summed E-state index contributed by atoms with van der Waals surface area (Å²) in [7, 11) is 1.15. The number of carbonyl (C=O) groups is 1. The van der Waals surface area contributed by atoms with Gasteiger partial charge >= 0.3 is 5.97 Å². The topological polar surface area (TPSA) is 52.3 Å². The van der Waals surface area contributed by atoms with Crippen LogP contribution in [0, 0.1) is 17.5 Å². The average Bonchev–Trinajstić information content (AvgIpc) is 2.23. The molecule has 96 valence electrons. The van der Waals surface area contributed by atoms with E-state index in [1.807, 2.05) is 0 Å². The van der Waals surface area contributed by atoms with Gasteiger partial charge in [-0.3, -0.25) is 4.79 Å². The van der Waals surface area contributed by atoms with Gasteiger partial charge in [-0.1, -0.05) is 0 Å². The summed E-state index contributed by atoms with van der Waals surface area (Å²) in [4.78, 5) is 10.9. The summed E-state index contributed by atoms with van der Waals surface area (Å²) in [5.74, 6) is -4.16. The first-order chi connectivity index (χ1) is 7.45. The van der Waals surface area contributed by atoms with Gasteiger partial charge in [-0.2, -0.15) is 0 Å². The third-order valence-electron chi connectivity index (χ3n) is 2.05. The fourth-order valence-electron chi connectivity index (χ4n) is 1.19. The van der Waals surface area contributed by atoms with E-state index in [9.17, 15) is 18.0 Å². The monoisotopic (exact) mass is 269 g/mol. The van der Waals surface area contributed by atoms with E-state index in [1.165, 1.54) is 0 Å². The molecule has 0 aliphatic carbocycles. The third kappa shape index (κ3) is 3.90. The number of nitrogens with two attached hydrogens (primary N) is 1. The molecule has 0 fully saturated rings. The number of halogens is 4. The van der Waals surface area contributed by atoms with Crippen LogP contribution in [0.25, 0.3) is 0 Å². The second kappa shape index (κ2) is 6.46. The smallest absolute Gasteiger partial charge is 0.307 e. The molecule has 0 saturated carbocycles. The zero-order valence-corrected chi connectivity index (χ0v) is 9.69. The van der Waals surface area contributed by atoms with Gasteiger partial charge in [0, 0.05) is 17.7 Å². The van der Waals surface area contributed by atoms with E-state index in [4.69, 9.17) is 5.73 Å². The van der Waals surface area contributed by atoms with Crippen LogP contribution in [0.4, 0.5) is 13.2 Å². The predicted molar refractivity (Wildman–Crippen MR) is 57.1 cm³/mol. The lowest BCUT2D eigenvalue weighted by Gasteiger charge is -2.11. The maximum Gasteiger partial charge on any atom is 0.307 e. The molecule has 1 rings (SSSR count). The van der Waals surface area contributed by atoms with Crippen LogP contribution in [0.1, 0.15) is 18.0 Å². The molecule has 0 amide bonds. The van der Waals surface area contributed by atoms with Gasteiger partial charge in [-0.15, -0.1) is 12.4 Å². The fraction of sp³-hybridized carbons (Fsp3) is 0.300. The molecular weight excluding hydrogens is 259 g/mol. The highest BCUT2D eigenvalue weighted by Crippen LogP contribution is 2.21. The minimum absolute atomic E-state index is 0. The van der Waals surface area contributed by atoms with Gasteiger partial charge in [0.05, 0.1) is 13.5 Å². The van der Waals surface area contributed by atoms with Gasteiger partial charge < -0.3 is 10.5 Å². The van der Waals surface area contributed by atoms with Crippen LogP contribution in [-0.4, -0.2) is 13.1 Å². The molecule has 0 aliphatic heterocycles. The van der Waals surface area contributed by atoms with Crippen LogP contribution in [0.3, 0.4) is 0 Å². The number of methoxy groups -OCH3 is 1. The van der Waals surface area contributed by atoms with Crippen molar-refractivity contribution in [1.29, 1.82) is 0 Å². The Bertz CT molecular complexity index is 415. The third-order valence-corrected chi connectivity index (χ3v) is 2.05. The van der Waals surface area contributed by atoms with Crippen molar-refractivity contribution in [3.05, 3.63) is 35.1 Å². The minimum atomic E-state index is -1.30. The van der Waals surface area contributed by atoms with E-state index >= 15 is 0 Å². The largest absolute Gasteiger partial charge is 0.469 e. The number of ether oxygens (including phenoxy) is 1. The SMILES string of the molecule is COC(=O)C[C@H](N)c1cc(F)c(F)cc1F.Cl. The Labute approximate surface area is 102 Å². The van der Waals surface area contributed by atoms with Crippen molar-refractivity contribution >= 4 is 18.4 Å². The maximum absolute atomic E-state index is 13.2. The molecule has 1 atom stereocenters. The number of esters is 1. The van der Waals surface area contributed by atoms with Crippen LogP contribution in [0.15, 0.2) is 12.1 Å². The van der Waals surface area contributed by atoms with E-state index in [0.717, 1.165) is 7.11 Å². The second-order valence-electron chi connectivity index (χ2n) is 3.17. The van der Waals surface area contributed by atoms with Crippen LogP contribution < -0.4 is 5.73 Å². The van der Waals surface area contributed by atoms with Crippen molar-refractivity contribution in [2.75, 3.05) is 7.11 Å². The highest BCUT2D eigenvalue weighted by Gasteiger charge is 2.18. The van der Waals surface area contributed by atoms with Gasteiger partial charge in [0.15, 0.2) is 11.6 Å². The summed E-state index contributed by atoms with van der Waals surface area (Å²) in [6, 6.07) is -0.0392. The van der Waals surface area contributed by atoms with Gasteiger partial charge in [0.1, 0.15) is 5.82 Å². The maximum atomic E-state index is 13.2. The Morgan fingerprint density at radius 2 is 1.82 bits per heavy atom. The molecule has 7 heteroatoms. The highest BCUT2D eigenvalue weighted by atomic mass is 35.5. The van der Waals surface area contributed by atoms with Crippen molar-refractivity contribution < 1.29 is 22.7 Å². The van der Waals surface area contributed by atoms with E-state index in [-0.39, 0.29) is 24.4 Å². The Balaban J connectivity index is 0.00000256. The highest BCUT2D eigenvalue weighted by molar-refractivity contribution is 5.85. The standard InChI is InChI=1S/C10H10F3NO2.ClH/c1-16-10(15)4-9(14)5-2-7(12)8(13)3-6(5)11;/h2-3,9H,4,14H2,1H3;1H/t9-;/m0./s1. The molecule has 0 spiro atoms. The molecule has 0 saturated heterocycles. The molecule has 1 aromatic carbocycles. The summed E-state index contributed by atoms with van der Waals surface area (Å²) in [5.41, 5.74) is 5.20. The molecule has 1 aromatic rings. The lowest BCUT2D eigenvalue weighted by molar-refractivity contribution is -0.141. The molecule has 0 aliphatic rings. The van der Waals surface area contributed by atoms with Crippen molar-refractivity contribution in [3.8, 4) is 0 Å². The average molecular weight is 270 g/mol. The lowest BCUT2D eigenvalue weighted by atomic mass is 10.0. The van der Waals surface area contributed by atoms with E-state index in [2.05, 4.69) is 4.74 Å². The second-order valence-corrected chi connectivity index (χ2v) is 3.17. The number of carbonyl (C=O) groups excluding carboxylic acids is 1. The molecule has 2 N–H and O–H groups in total. The quantitative estimate of drug-likeness (QED) is 0.675. The Hall–Kier alpha value is -1.27. The summed E-state index contributed by atoms with van der Waals surface area (Å²) < 4.78 is 43.0. The summed E-state index contributed by atoms with van der Waals surface area (Å²) in [5, 5.41) is 0. The molecule has 0 aromatic heterocycles. The van der Waals surface area contributed by atoms with Crippen LogP contribution in [0.5, 0.6) is 0 Å². The number of hydrogen-bond donors (Lipinski definition) is 1. The lowest BCUT2D eigenvalue weighted by Crippen LogP contribution is -2.18. The molecule has 17 heavy (non-hydrogen) atoms. The van der Waals surface area contributed by atoms with Crippen molar-refractivity contribution in [2.24, 2.45) is 5.73 Å². The molecule has 3 nitrogen and oxygen atoms in total. The Kier molecular flexibility index (Phi) is 5.98. The number of hydrogen-bond acceptors (Lipinski definition) is 3. The van der Waals surface area contributed by atoms with Crippen LogP contribution in [-0.2, 0) is 9.53 Å². The van der Waals surface area contributed by atoms with E-state index in [1.54, 1.807) is 0 Å². The fourth-order valence-corrected chi connectivity index (χ4v) is 1.19. The normalized spacial score (nSPS) is 11.6. The van der Waals surface area contributed by atoms with Crippen molar-refractivity contribution in [1.82, 2.24) is 0 Å². The van der Waals surface area contributed by atoms with E-state index in [0.29, 0.717) is 12.1 Å². The summed E-state index contributed by atoms with van der Waals surface area (Å²) >= 11 is 0. The van der Waals surface area contributed by atoms with Gasteiger partial charge in [-0.25, -0.2) is 13.2 Å². The molecule has 0 radical (unpaired) electrons. The zero-order valence-electron chi connectivity index (χ0n) is 8.88. The first kappa shape index (κ1) is 15.7.